The molecule has 1 N–H and O–H groups in total. The molecule has 0 bridgehead atoms. The van der Waals surface area contributed by atoms with Crippen molar-refractivity contribution in [1.29, 1.82) is 0 Å². The van der Waals surface area contributed by atoms with Crippen LogP contribution in [0.15, 0.2) is 71.8 Å². The average Bonchev–Trinajstić information content (AvgIpc) is 2.85. The zero-order valence-electron chi connectivity index (χ0n) is 19.2. The number of hydrogen-bond donors (Lipinski definition) is 1. The summed E-state index contributed by atoms with van der Waals surface area (Å²) in [6.45, 7) is 3.94. The highest BCUT2D eigenvalue weighted by atomic mass is 16.6. The highest BCUT2D eigenvalue weighted by Gasteiger charge is 2.13. The van der Waals surface area contributed by atoms with Crippen LogP contribution in [0.5, 0.6) is 23.0 Å². The number of carbonyl (C=O) groups is 2. The van der Waals surface area contributed by atoms with Gasteiger partial charge in [-0.1, -0.05) is 18.2 Å². The van der Waals surface area contributed by atoms with Gasteiger partial charge in [-0.3, -0.25) is 4.79 Å². The minimum atomic E-state index is -0.522. The molecule has 0 saturated heterocycles. The summed E-state index contributed by atoms with van der Waals surface area (Å²) >= 11 is 0. The van der Waals surface area contributed by atoms with Crippen molar-refractivity contribution in [1.82, 2.24) is 5.43 Å². The van der Waals surface area contributed by atoms with Gasteiger partial charge in [-0.05, 0) is 73.5 Å². The van der Waals surface area contributed by atoms with E-state index in [9.17, 15) is 9.59 Å². The average molecular weight is 463 g/mol. The summed E-state index contributed by atoms with van der Waals surface area (Å²) in [5.41, 5.74) is 4.38. The molecule has 0 unspecified atom stereocenters. The van der Waals surface area contributed by atoms with Crippen LogP contribution in [0.1, 0.15) is 28.4 Å². The number of nitrogens with zero attached hydrogens (tertiary/aromatic N) is 1. The van der Waals surface area contributed by atoms with Crippen LogP contribution in [0.2, 0.25) is 0 Å². The van der Waals surface area contributed by atoms with Gasteiger partial charge in [-0.25, -0.2) is 10.2 Å². The molecule has 0 aliphatic rings. The van der Waals surface area contributed by atoms with E-state index >= 15 is 0 Å². The first-order valence-corrected chi connectivity index (χ1v) is 10.6. The lowest BCUT2D eigenvalue weighted by Crippen LogP contribution is -2.24. The summed E-state index contributed by atoms with van der Waals surface area (Å²) in [5, 5.41) is 3.95. The largest absolute Gasteiger partial charge is 0.497 e. The molecule has 3 aromatic carbocycles. The lowest BCUT2D eigenvalue weighted by atomic mass is 10.2. The van der Waals surface area contributed by atoms with Gasteiger partial charge in [0.2, 0.25) is 0 Å². The molecule has 0 aliphatic carbocycles. The van der Waals surface area contributed by atoms with E-state index in [2.05, 4.69) is 10.5 Å². The van der Waals surface area contributed by atoms with Gasteiger partial charge in [0.05, 0.1) is 25.5 Å². The number of ether oxygens (including phenoxy) is 4. The number of benzene rings is 3. The van der Waals surface area contributed by atoms with E-state index in [4.69, 9.17) is 18.9 Å². The molecular formula is C26H26N2O6. The molecule has 8 nitrogen and oxygen atoms in total. The number of rotatable bonds is 10. The SMILES string of the molecule is CCOc1cc(/C=N\NC(=O)COc2ccccc2C)ccc1OC(=O)c1ccc(OC)cc1. The Hall–Kier alpha value is -4.33. The number of amides is 1. The molecule has 0 spiro atoms. The zero-order valence-corrected chi connectivity index (χ0v) is 19.2. The molecule has 3 rings (SSSR count). The molecule has 3 aromatic rings. The van der Waals surface area contributed by atoms with Crippen LogP contribution in [0, 0.1) is 6.92 Å². The fourth-order valence-electron chi connectivity index (χ4n) is 2.92. The van der Waals surface area contributed by atoms with Crippen LogP contribution in [0.4, 0.5) is 0 Å². The number of para-hydroxylation sites is 1. The van der Waals surface area contributed by atoms with E-state index in [1.165, 1.54) is 6.21 Å². The van der Waals surface area contributed by atoms with E-state index in [1.807, 2.05) is 32.0 Å². The summed E-state index contributed by atoms with van der Waals surface area (Å²) < 4.78 is 21.7. The van der Waals surface area contributed by atoms with Gasteiger partial charge in [0, 0.05) is 0 Å². The maximum absolute atomic E-state index is 12.5. The van der Waals surface area contributed by atoms with Crippen molar-refractivity contribution < 1.29 is 28.5 Å². The third-order valence-corrected chi connectivity index (χ3v) is 4.65. The Morgan fingerprint density at radius 1 is 0.941 bits per heavy atom. The lowest BCUT2D eigenvalue weighted by molar-refractivity contribution is -0.123. The molecule has 0 aliphatic heterocycles. The van der Waals surface area contributed by atoms with E-state index in [1.54, 1.807) is 55.6 Å². The zero-order chi connectivity index (χ0) is 24.3. The second-order valence-electron chi connectivity index (χ2n) is 7.10. The van der Waals surface area contributed by atoms with Crippen LogP contribution >= 0.6 is 0 Å². The number of aryl methyl sites for hydroxylation is 1. The van der Waals surface area contributed by atoms with Crippen LogP contribution in [-0.2, 0) is 4.79 Å². The minimum Gasteiger partial charge on any atom is -0.497 e. The second kappa shape index (κ2) is 12.1. The topological polar surface area (TPSA) is 95.5 Å². The third-order valence-electron chi connectivity index (χ3n) is 4.65. The fraction of sp³-hybridized carbons (Fsp3) is 0.192. The molecule has 0 fully saturated rings. The van der Waals surface area contributed by atoms with E-state index in [0.717, 1.165) is 5.56 Å². The number of nitrogens with one attached hydrogen (secondary N) is 1. The van der Waals surface area contributed by atoms with Crippen molar-refractivity contribution >= 4 is 18.1 Å². The van der Waals surface area contributed by atoms with Gasteiger partial charge in [0.1, 0.15) is 11.5 Å². The van der Waals surface area contributed by atoms with E-state index < -0.39 is 11.9 Å². The molecule has 0 atom stereocenters. The highest BCUT2D eigenvalue weighted by Crippen LogP contribution is 2.29. The number of esters is 1. The highest BCUT2D eigenvalue weighted by molar-refractivity contribution is 5.92. The Labute approximate surface area is 198 Å². The molecule has 0 aromatic heterocycles. The molecule has 0 radical (unpaired) electrons. The first-order valence-electron chi connectivity index (χ1n) is 10.6. The van der Waals surface area contributed by atoms with Crippen LogP contribution in [0.25, 0.3) is 0 Å². The van der Waals surface area contributed by atoms with E-state index in [0.29, 0.717) is 35.0 Å². The first kappa shape index (κ1) is 24.3. The van der Waals surface area contributed by atoms with Gasteiger partial charge in [-0.2, -0.15) is 5.10 Å². The molecule has 0 heterocycles. The molecule has 8 heteroatoms. The van der Waals surface area contributed by atoms with Crippen molar-refractivity contribution in [2.75, 3.05) is 20.3 Å². The summed E-state index contributed by atoms with van der Waals surface area (Å²) in [6.07, 6.45) is 1.46. The molecule has 34 heavy (non-hydrogen) atoms. The number of hydrogen-bond acceptors (Lipinski definition) is 7. The van der Waals surface area contributed by atoms with Gasteiger partial charge < -0.3 is 18.9 Å². The summed E-state index contributed by atoms with van der Waals surface area (Å²) in [6, 6.07) is 19.0. The summed E-state index contributed by atoms with van der Waals surface area (Å²) in [4.78, 5) is 24.5. The van der Waals surface area contributed by atoms with Crippen LogP contribution < -0.4 is 24.4 Å². The van der Waals surface area contributed by atoms with Gasteiger partial charge >= 0.3 is 5.97 Å². The molecule has 176 valence electrons. The maximum atomic E-state index is 12.5. The maximum Gasteiger partial charge on any atom is 0.343 e. The van der Waals surface area contributed by atoms with Crippen molar-refractivity contribution in [3.05, 3.63) is 83.4 Å². The Kier molecular flexibility index (Phi) is 8.62. The molecular weight excluding hydrogens is 436 g/mol. The Morgan fingerprint density at radius 3 is 2.41 bits per heavy atom. The second-order valence-corrected chi connectivity index (χ2v) is 7.10. The predicted octanol–water partition coefficient (Wildman–Crippen LogP) is 4.15. The van der Waals surface area contributed by atoms with Gasteiger partial charge in [0.15, 0.2) is 18.1 Å². The monoisotopic (exact) mass is 462 g/mol. The predicted molar refractivity (Wildman–Crippen MR) is 128 cm³/mol. The van der Waals surface area contributed by atoms with Crippen molar-refractivity contribution in [2.24, 2.45) is 5.10 Å². The van der Waals surface area contributed by atoms with Crippen LogP contribution in [-0.4, -0.2) is 38.4 Å². The van der Waals surface area contributed by atoms with Gasteiger partial charge in [-0.15, -0.1) is 0 Å². The summed E-state index contributed by atoms with van der Waals surface area (Å²) in [5.74, 6) is 1.02. The number of carbonyl (C=O) groups excluding carboxylic acids is 2. The molecule has 0 saturated carbocycles. The Morgan fingerprint density at radius 2 is 1.71 bits per heavy atom. The minimum absolute atomic E-state index is 0.160. The first-order chi connectivity index (χ1) is 16.5. The fourth-order valence-corrected chi connectivity index (χ4v) is 2.92. The smallest absolute Gasteiger partial charge is 0.343 e. The normalized spacial score (nSPS) is 10.6. The Bertz CT molecular complexity index is 1160. The van der Waals surface area contributed by atoms with Crippen molar-refractivity contribution in [3.8, 4) is 23.0 Å². The number of methoxy groups -OCH3 is 1. The van der Waals surface area contributed by atoms with Gasteiger partial charge in [0.25, 0.3) is 5.91 Å². The Balaban J connectivity index is 1.60. The van der Waals surface area contributed by atoms with E-state index in [-0.39, 0.29) is 12.4 Å². The summed E-state index contributed by atoms with van der Waals surface area (Å²) in [7, 11) is 1.55. The molecule has 1 amide bonds. The van der Waals surface area contributed by atoms with Crippen molar-refractivity contribution in [2.45, 2.75) is 13.8 Å². The quantitative estimate of drug-likeness (QED) is 0.211. The number of hydrazone groups is 1. The lowest BCUT2D eigenvalue weighted by Gasteiger charge is -2.11. The van der Waals surface area contributed by atoms with Crippen molar-refractivity contribution in [3.63, 3.8) is 0 Å². The third kappa shape index (κ3) is 6.83. The van der Waals surface area contributed by atoms with Crippen LogP contribution in [0.3, 0.4) is 0 Å². The standard InChI is InChI=1S/C26H26N2O6/c1-4-32-24-15-19(16-27-28-25(29)17-33-22-8-6-5-7-18(22)2)9-14-23(24)34-26(30)20-10-12-21(31-3)13-11-20/h5-16H,4,17H2,1-3H3,(H,28,29)/b27-16-.